The molecule has 0 saturated heterocycles. The minimum atomic E-state index is 0.798. The topological polar surface area (TPSA) is 0 Å². The summed E-state index contributed by atoms with van der Waals surface area (Å²) in [5.74, 6) is 2.00. The number of hydrogen-bond acceptors (Lipinski definition) is 2. The third kappa shape index (κ3) is 4.63. The summed E-state index contributed by atoms with van der Waals surface area (Å²) in [4.78, 5) is 2.38. The van der Waals surface area contributed by atoms with Crippen molar-refractivity contribution < 1.29 is 0 Å². The zero-order chi connectivity index (χ0) is 9.68. The Hall–Kier alpha value is -0.0800. The number of hydrogen-bond donors (Lipinski definition) is 1. The average Bonchev–Trinajstić information content (AvgIpc) is 2.03. The summed E-state index contributed by atoms with van der Waals surface area (Å²) in [5.41, 5.74) is 0. The minimum absolute atomic E-state index is 0.798. The summed E-state index contributed by atoms with van der Waals surface area (Å²) < 4.78 is 0. The van der Waals surface area contributed by atoms with Crippen molar-refractivity contribution in [2.45, 2.75) is 30.1 Å². The number of thiol groups is 1. The molecule has 0 bridgehead atoms. The van der Waals surface area contributed by atoms with Gasteiger partial charge in [-0.05, 0) is 36.3 Å². The largest absolute Gasteiger partial charge is 0.143 e. The maximum absolute atomic E-state index is 4.30. The Balaban J connectivity index is 2.37. The maximum Gasteiger partial charge on any atom is 0.00829 e. The number of thioether (sulfide) groups is 1. The van der Waals surface area contributed by atoms with Gasteiger partial charge in [0.25, 0.3) is 0 Å². The van der Waals surface area contributed by atoms with Gasteiger partial charge in [0.15, 0.2) is 0 Å². The van der Waals surface area contributed by atoms with Gasteiger partial charge in [0.2, 0.25) is 0 Å². The summed E-state index contributed by atoms with van der Waals surface area (Å²) in [6, 6.07) is 8.33. The fraction of sp³-hybridized carbons (Fsp3) is 0.455. The lowest BCUT2D eigenvalue weighted by Crippen LogP contribution is -1.88. The van der Waals surface area contributed by atoms with Crippen molar-refractivity contribution in [3.63, 3.8) is 0 Å². The zero-order valence-corrected chi connectivity index (χ0v) is 9.87. The molecule has 0 fully saturated rings. The smallest absolute Gasteiger partial charge is 0.00829 e. The van der Waals surface area contributed by atoms with Crippen molar-refractivity contribution in [2.24, 2.45) is 5.92 Å². The fourth-order valence-corrected chi connectivity index (χ4v) is 2.51. The zero-order valence-electron chi connectivity index (χ0n) is 8.16. The van der Waals surface area contributed by atoms with E-state index in [9.17, 15) is 0 Å². The van der Waals surface area contributed by atoms with Crippen LogP contribution in [-0.2, 0) is 0 Å². The predicted molar refractivity (Wildman–Crippen MR) is 63.9 cm³/mol. The van der Waals surface area contributed by atoms with Gasteiger partial charge < -0.3 is 0 Å². The molecular weight excluding hydrogens is 196 g/mol. The molecule has 0 N–H and O–H groups in total. The second-order valence-electron chi connectivity index (χ2n) is 3.53. The Morgan fingerprint density at radius 2 is 2.15 bits per heavy atom. The third-order valence-electron chi connectivity index (χ3n) is 1.78. The molecule has 1 aromatic carbocycles. The fourth-order valence-electron chi connectivity index (χ4n) is 0.986. The van der Waals surface area contributed by atoms with Crippen molar-refractivity contribution in [1.29, 1.82) is 0 Å². The molecule has 0 aliphatic heterocycles. The normalized spacial score (nSPS) is 10.8. The van der Waals surface area contributed by atoms with Gasteiger partial charge in [0, 0.05) is 9.79 Å². The van der Waals surface area contributed by atoms with Crippen LogP contribution in [0.1, 0.15) is 20.3 Å². The van der Waals surface area contributed by atoms with E-state index in [1.165, 1.54) is 17.1 Å². The van der Waals surface area contributed by atoms with Gasteiger partial charge in [0.1, 0.15) is 0 Å². The molecule has 72 valence electrons. The lowest BCUT2D eigenvalue weighted by atomic mass is 10.2. The van der Waals surface area contributed by atoms with E-state index in [2.05, 4.69) is 44.7 Å². The first kappa shape index (κ1) is 11.0. The quantitative estimate of drug-likeness (QED) is 0.579. The molecule has 0 unspecified atom stereocenters. The third-order valence-corrected chi connectivity index (χ3v) is 3.09. The Morgan fingerprint density at radius 3 is 2.77 bits per heavy atom. The molecule has 0 spiro atoms. The molecule has 2 heteroatoms. The van der Waals surface area contributed by atoms with E-state index in [4.69, 9.17) is 0 Å². The Kier molecular flexibility index (Phi) is 4.74. The van der Waals surface area contributed by atoms with Crippen LogP contribution in [0.25, 0.3) is 0 Å². The average molecular weight is 212 g/mol. The van der Waals surface area contributed by atoms with Gasteiger partial charge in [-0.2, -0.15) is 0 Å². The van der Waals surface area contributed by atoms with Crippen LogP contribution < -0.4 is 0 Å². The molecule has 13 heavy (non-hydrogen) atoms. The van der Waals surface area contributed by atoms with Gasteiger partial charge in [-0.25, -0.2) is 0 Å². The van der Waals surface area contributed by atoms with Crippen LogP contribution >= 0.6 is 24.4 Å². The molecule has 0 aliphatic rings. The predicted octanol–water partition coefficient (Wildman–Crippen LogP) is 4.11. The molecule has 0 nitrogen and oxygen atoms in total. The van der Waals surface area contributed by atoms with Gasteiger partial charge >= 0.3 is 0 Å². The summed E-state index contributed by atoms with van der Waals surface area (Å²) in [6.07, 6.45) is 1.28. The van der Waals surface area contributed by atoms with E-state index in [-0.39, 0.29) is 0 Å². The van der Waals surface area contributed by atoms with Crippen molar-refractivity contribution in [2.75, 3.05) is 5.75 Å². The monoisotopic (exact) mass is 212 g/mol. The summed E-state index contributed by atoms with van der Waals surface area (Å²) in [6.45, 7) is 4.52. The molecule has 0 heterocycles. The summed E-state index contributed by atoms with van der Waals surface area (Å²) >= 11 is 6.22. The summed E-state index contributed by atoms with van der Waals surface area (Å²) in [5, 5.41) is 0. The highest BCUT2D eigenvalue weighted by Gasteiger charge is 1.96. The Labute approximate surface area is 90.5 Å². The van der Waals surface area contributed by atoms with Crippen LogP contribution in [0, 0.1) is 5.92 Å². The second-order valence-corrected chi connectivity index (χ2v) is 5.21. The SMILES string of the molecule is CC(C)CCSc1cccc(S)c1. The van der Waals surface area contributed by atoms with Crippen LogP contribution in [0.5, 0.6) is 0 Å². The first-order valence-electron chi connectivity index (χ1n) is 4.60. The second kappa shape index (κ2) is 5.61. The highest BCUT2D eigenvalue weighted by Crippen LogP contribution is 2.22. The first-order chi connectivity index (χ1) is 6.18. The molecule has 1 rings (SSSR count). The van der Waals surface area contributed by atoms with Crippen molar-refractivity contribution in [3.05, 3.63) is 24.3 Å². The number of rotatable bonds is 4. The lowest BCUT2D eigenvalue weighted by Gasteiger charge is -2.04. The van der Waals surface area contributed by atoms with Crippen LogP contribution in [0.2, 0.25) is 0 Å². The number of benzene rings is 1. The highest BCUT2D eigenvalue weighted by atomic mass is 32.2. The van der Waals surface area contributed by atoms with E-state index in [0.29, 0.717) is 0 Å². The van der Waals surface area contributed by atoms with E-state index in [0.717, 1.165) is 10.8 Å². The van der Waals surface area contributed by atoms with Crippen LogP contribution in [0.3, 0.4) is 0 Å². The van der Waals surface area contributed by atoms with E-state index in [1.807, 2.05) is 17.8 Å². The van der Waals surface area contributed by atoms with E-state index < -0.39 is 0 Å². The van der Waals surface area contributed by atoms with E-state index >= 15 is 0 Å². The van der Waals surface area contributed by atoms with Gasteiger partial charge in [0.05, 0.1) is 0 Å². The molecule has 0 amide bonds. The molecule has 0 radical (unpaired) electrons. The van der Waals surface area contributed by atoms with Gasteiger partial charge in [-0.3, -0.25) is 0 Å². The van der Waals surface area contributed by atoms with Crippen molar-refractivity contribution in [1.82, 2.24) is 0 Å². The molecule has 0 aromatic heterocycles. The minimum Gasteiger partial charge on any atom is -0.143 e. The molecule has 0 aliphatic carbocycles. The molecule has 0 saturated carbocycles. The van der Waals surface area contributed by atoms with Crippen LogP contribution in [0.4, 0.5) is 0 Å². The van der Waals surface area contributed by atoms with Crippen LogP contribution in [-0.4, -0.2) is 5.75 Å². The van der Waals surface area contributed by atoms with Gasteiger partial charge in [-0.15, -0.1) is 24.4 Å². The Bertz CT molecular complexity index is 256. The van der Waals surface area contributed by atoms with E-state index in [1.54, 1.807) is 0 Å². The van der Waals surface area contributed by atoms with Crippen molar-refractivity contribution >= 4 is 24.4 Å². The molecular formula is C11H16S2. The maximum atomic E-state index is 4.30. The first-order valence-corrected chi connectivity index (χ1v) is 6.03. The molecule has 0 atom stereocenters. The van der Waals surface area contributed by atoms with Crippen LogP contribution in [0.15, 0.2) is 34.1 Å². The van der Waals surface area contributed by atoms with Crippen molar-refractivity contribution in [3.8, 4) is 0 Å². The molecule has 1 aromatic rings. The lowest BCUT2D eigenvalue weighted by molar-refractivity contribution is 0.632. The summed E-state index contributed by atoms with van der Waals surface area (Å²) in [7, 11) is 0. The highest BCUT2D eigenvalue weighted by molar-refractivity contribution is 7.99. The Morgan fingerprint density at radius 1 is 1.38 bits per heavy atom. The standard InChI is InChI=1S/C11H16S2/c1-9(2)6-7-13-11-5-3-4-10(12)8-11/h3-5,8-9,12H,6-7H2,1-2H3. The van der Waals surface area contributed by atoms with Gasteiger partial charge in [-0.1, -0.05) is 19.9 Å².